The first-order valence-corrected chi connectivity index (χ1v) is 8.47. The van der Waals surface area contributed by atoms with Crippen LogP contribution in [0.15, 0.2) is 41.4 Å². The van der Waals surface area contributed by atoms with Gasteiger partial charge in [0.2, 0.25) is 5.88 Å². The fourth-order valence-corrected chi connectivity index (χ4v) is 2.79. The van der Waals surface area contributed by atoms with Crippen LogP contribution in [0.4, 0.5) is 0 Å². The number of hydrogen-bond acceptors (Lipinski definition) is 4. The molecule has 2 aromatic rings. The fraction of sp³-hybridized carbons (Fsp3) is 0.368. The molecule has 0 fully saturated rings. The van der Waals surface area contributed by atoms with Crippen LogP contribution in [0.2, 0.25) is 0 Å². The average Bonchev–Trinajstić information content (AvgIpc) is 3.12. The van der Waals surface area contributed by atoms with Crippen LogP contribution in [0, 0.1) is 0 Å². The van der Waals surface area contributed by atoms with Gasteiger partial charge in [-0.15, -0.1) is 0 Å². The highest BCUT2D eigenvalue weighted by Gasteiger charge is 2.11. The normalized spacial score (nSPS) is 13.1. The van der Waals surface area contributed by atoms with Gasteiger partial charge in [0.15, 0.2) is 5.96 Å². The summed E-state index contributed by atoms with van der Waals surface area (Å²) in [6, 6.07) is 12.1. The summed E-state index contributed by atoms with van der Waals surface area (Å²) in [5, 5.41) is 6.60. The first kappa shape index (κ1) is 17.1. The largest absolute Gasteiger partial charge is 0.493 e. The molecule has 6 nitrogen and oxygen atoms in total. The number of hydrogen-bond donors (Lipinski definition) is 2. The number of nitrogens with zero attached hydrogens (tertiary/aromatic N) is 2. The van der Waals surface area contributed by atoms with Gasteiger partial charge in [-0.3, -0.25) is 4.99 Å². The van der Waals surface area contributed by atoms with Crippen LogP contribution in [0.3, 0.4) is 0 Å². The van der Waals surface area contributed by atoms with Crippen molar-refractivity contribution in [2.24, 2.45) is 4.99 Å². The van der Waals surface area contributed by atoms with Gasteiger partial charge in [0.05, 0.1) is 26.0 Å². The van der Waals surface area contributed by atoms with Gasteiger partial charge in [0.1, 0.15) is 5.75 Å². The lowest BCUT2D eigenvalue weighted by Crippen LogP contribution is -2.38. The van der Waals surface area contributed by atoms with Gasteiger partial charge < -0.3 is 20.1 Å². The van der Waals surface area contributed by atoms with E-state index in [-0.39, 0.29) is 0 Å². The summed E-state index contributed by atoms with van der Waals surface area (Å²) in [4.78, 5) is 8.63. The van der Waals surface area contributed by atoms with Crippen molar-refractivity contribution >= 4 is 5.96 Å². The Balaban J connectivity index is 1.46. The molecule has 0 radical (unpaired) electrons. The number of fused-ring (bicyclic) bond motifs is 1. The van der Waals surface area contributed by atoms with Gasteiger partial charge in [0.25, 0.3) is 0 Å². The molecule has 132 valence electrons. The zero-order valence-corrected chi connectivity index (χ0v) is 14.7. The lowest BCUT2D eigenvalue weighted by molar-refractivity contribution is 0.357. The molecule has 1 aliphatic heterocycles. The Morgan fingerprint density at radius 2 is 2.20 bits per heavy atom. The smallest absolute Gasteiger partial charge is 0.213 e. The second kappa shape index (κ2) is 8.37. The first-order valence-electron chi connectivity index (χ1n) is 8.47. The zero-order chi connectivity index (χ0) is 17.5. The van der Waals surface area contributed by atoms with Crippen molar-refractivity contribution in [1.82, 2.24) is 15.6 Å². The van der Waals surface area contributed by atoms with E-state index in [1.807, 2.05) is 18.2 Å². The predicted molar refractivity (Wildman–Crippen MR) is 98.3 cm³/mol. The van der Waals surface area contributed by atoms with E-state index < -0.39 is 0 Å². The van der Waals surface area contributed by atoms with Crippen molar-refractivity contribution in [3.63, 3.8) is 0 Å². The van der Waals surface area contributed by atoms with Crippen molar-refractivity contribution in [3.05, 3.63) is 53.2 Å². The Kier molecular flexibility index (Phi) is 5.72. The number of ether oxygens (including phenoxy) is 2. The van der Waals surface area contributed by atoms with Crippen LogP contribution in [0.25, 0.3) is 0 Å². The van der Waals surface area contributed by atoms with Crippen molar-refractivity contribution in [2.75, 3.05) is 27.3 Å². The number of nitrogens with one attached hydrogen (secondary N) is 2. The molecule has 0 atom stereocenters. The summed E-state index contributed by atoms with van der Waals surface area (Å²) in [6.07, 6.45) is 1.94. The van der Waals surface area contributed by atoms with Gasteiger partial charge in [-0.2, -0.15) is 0 Å². The second-order valence-corrected chi connectivity index (χ2v) is 5.81. The number of methoxy groups -OCH3 is 1. The molecule has 1 aromatic heterocycles. The van der Waals surface area contributed by atoms with E-state index in [4.69, 9.17) is 9.47 Å². The zero-order valence-electron chi connectivity index (χ0n) is 14.7. The average molecular weight is 340 g/mol. The maximum atomic E-state index is 5.54. The summed E-state index contributed by atoms with van der Waals surface area (Å²) in [7, 11) is 3.38. The Morgan fingerprint density at radius 3 is 3.04 bits per heavy atom. The number of benzene rings is 1. The molecule has 0 aliphatic carbocycles. The number of aliphatic imine (C=N–C) groups is 1. The minimum Gasteiger partial charge on any atom is -0.493 e. The molecule has 6 heteroatoms. The van der Waals surface area contributed by atoms with Gasteiger partial charge in [-0.1, -0.05) is 18.2 Å². The summed E-state index contributed by atoms with van der Waals surface area (Å²) < 4.78 is 10.7. The molecule has 2 heterocycles. The molecular formula is C19H24N4O2. The van der Waals surface area contributed by atoms with Gasteiger partial charge in [-0.05, 0) is 29.7 Å². The van der Waals surface area contributed by atoms with E-state index in [1.54, 1.807) is 14.2 Å². The number of aromatic nitrogens is 1. The van der Waals surface area contributed by atoms with E-state index >= 15 is 0 Å². The van der Waals surface area contributed by atoms with Crippen molar-refractivity contribution in [1.29, 1.82) is 0 Å². The molecule has 2 N–H and O–H groups in total. The number of rotatable bonds is 6. The number of pyridine rings is 1. The maximum Gasteiger partial charge on any atom is 0.213 e. The van der Waals surface area contributed by atoms with Crippen LogP contribution in [0.5, 0.6) is 11.6 Å². The molecule has 0 amide bonds. The van der Waals surface area contributed by atoms with Gasteiger partial charge in [-0.25, -0.2) is 4.98 Å². The maximum absolute atomic E-state index is 5.54. The minimum absolute atomic E-state index is 0.590. The Morgan fingerprint density at radius 1 is 1.28 bits per heavy atom. The molecular weight excluding hydrogens is 316 g/mol. The first-order chi connectivity index (χ1) is 12.3. The fourth-order valence-electron chi connectivity index (χ4n) is 2.79. The predicted octanol–water partition coefficient (Wildman–Crippen LogP) is 1.93. The highest BCUT2D eigenvalue weighted by atomic mass is 16.5. The molecule has 3 rings (SSSR count). The lowest BCUT2D eigenvalue weighted by Gasteiger charge is -2.12. The summed E-state index contributed by atoms with van der Waals surface area (Å²) in [5.41, 5.74) is 3.52. The molecule has 0 saturated carbocycles. The second-order valence-electron chi connectivity index (χ2n) is 5.81. The summed E-state index contributed by atoms with van der Waals surface area (Å²) in [5.74, 6) is 2.40. The number of guanidine groups is 1. The molecule has 0 saturated heterocycles. The Hall–Kier alpha value is -2.76. The quantitative estimate of drug-likeness (QED) is 0.621. The van der Waals surface area contributed by atoms with Crippen molar-refractivity contribution in [2.45, 2.75) is 19.4 Å². The highest BCUT2D eigenvalue weighted by molar-refractivity contribution is 5.79. The molecule has 0 unspecified atom stereocenters. The van der Waals surface area contributed by atoms with Crippen molar-refractivity contribution in [3.8, 4) is 11.6 Å². The van der Waals surface area contributed by atoms with E-state index in [1.165, 1.54) is 11.1 Å². The lowest BCUT2D eigenvalue weighted by atomic mass is 10.1. The Labute approximate surface area is 148 Å². The molecule has 25 heavy (non-hydrogen) atoms. The Bertz CT molecular complexity index is 746. The molecule has 0 bridgehead atoms. The topological polar surface area (TPSA) is 67.8 Å². The third-order valence-electron chi connectivity index (χ3n) is 4.11. The molecule has 1 aliphatic rings. The third-order valence-corrected chi connectivity index (χ3v) is 4.11. The van der Waals surface area contributed by atoms with E-state index in [9.17, 15) is 0 Å². The van der Waals surface area contributed by atoms with Gasteiger partial charge >= 0.3 is 0 Å². The van der Waals surface area contributed by atoms with Gasteiger partial charge in [0, 0.05) is 26.1 Å². The highest BCUT2D eigenvalue weighted by Crippen LogP contribution is 2.25. The van der Waals surface area contributed by atoms with E-state index in [2.05, 4.69) is 38.8 Å². The molecule has 0 spiro atoms. The standard InChI is InChI=1S/C19H24N4O2/c1-20-19(22-13-16-4-3-5-18(23-16)24-2)21-10-8-14-6-7-17-15(12-14)9-11-25-17/h3-7,12H,8-11,13H2,1-2H3,(H2,20,21,22). The van der Waals surface area contributed by atoms with E-state index in [0.29, 0.717) is 12.4 Å². The minimum atomic E-state index is 0.590. The van der Waals surface area contributed by atoms with Crippen molar-refractivity contribution < 1.29 is 9.47 Å². The van der Waals surface area contributed by atoms with Crippen LogP contribution < -0.4 is 20.1 Å². The third kappa shape index (κ3) is 4.62. The monoisotopic (exact) mass is 340 g/mol. The summed E-state index contributed by atoms with van der Waals surface area (Å²) >= 11 is 0. The van der Waals surface area contributed by atoms with Crippen LogP contribution in [0.1, 0.15) is 16.8 Å². The van der Waals surface area contributed by atoms with Crippen LogP contribution >= 0.6 is 0 Å². The van der Waals surface area contributed by atoms with Crippen LogP contribution in [-0.2, 0) is 19.4 Å². The summed E-state index contributed by atoms with van der Waals surface area (Å²) in [6.45, 7) is 2.20. The molecule has 1 aromatic carbocycles. The van der Waals surface area contributed by atoms with E-state index in [0.717, 1.165) is 43.4 Å². The SMILES string of the molecule is CN=C(NCCc1ccc2c(c1)CCO2)NCc1cccc(OC)n1. The van der Waals surface area contributed by atoms with Crippen LogP contribution in [-0.4, -0.2) is 38.3 Å².